The van der Waals surface area contributed by atoms with Crippen LogP contribution in [0.5, 0.6) is 5.75 Å². The number of halogens is 1. The molecule has 150 valence electrons. The van der Waals surface area contributed by atoms with E-state index >= 15 is 0 Å². The Morgan fingerprint density at radius 2 is 1.79 bits per heavy atom. The van der Waals surface area contributed by atoms with Crippen molar-refractivity contribution in [1.29, 1.82) is 0 Å². The molecule has 0 fully saturated rings. The van der Waals surface area contributed by atoms with Gasteiger partial charge in [0.15, 0.2) is 6.61 Å². The van der Waals surface area contributed by atoms with Gasteiger partial charge in [0.2, 0.25) is 0 Å². The molecule has 1 aliphatic rings. The summed E-state index contributed by atoms with van der Waals surface area (Å²) in [7, 11) is 0. The van der Waals surface area contributed by atoms with E-state index in [1.807, 2.05) is 12.1 Å². The van der Waals surface area contributed by atoms with Crippen molar-refractivity contribution in [2.45, 2.75) is 64.8 Å². The van der Waals surface area contributed by atoms with Gasteiger partial charge in [-0.25, -0.2) is 0 Å². The lowest BCUT2D eigenvalue weighted by Gasteiger charge is -2.22. The van der Waals surface area contributed by atoms with Crippen molar-refractivity contribution in [2.24, 2.45) is 0 Å². The molecule has 4 heteroatoms. The Bertz CT molecular complexity index is 831. The van der Waals surface area contributed by atoms with Gasteiger partial charge in [0, 0.05) is 0 Å². The van der Waals surface area contributed by atoms with Crippen molar-refractivity contribution in [3.8, 4) is 5.75 Å². The summed E-state index contributed by atoms with van der Waals surface area (Å²) in [4.78, 5) is 12.5. The number of rotatable bonds is 7. The summed E-state index contributed by atoms with van der Waals surface area (Å²) in [5, 5.41) is 3.13. The second-order valence-electron chi connectivity index (χ2n) is 7.90. The van der Waals surface area contributed by atoms with Crippen LogP contribution in [-0.4, -0.2) is 12.5 Å². The number of benzene rings is 2. The van der Waals surface area contributed by atoms with Gasteiger partial charge in [-0.1, -0.05) is 45.0 Å². The van der Waals surface area contributed by atoms with E-state index in [0.717, 1.165) is 17.3 Å². The third-order valence-corrected chi connectivity index (χ3v) is 6.12. The number of ether oxygens (including phenoxy) is 1. The van der Waals surface area contributed by atoms with Gasteiger partial charge >= 0.3 is 0 Å². The molecule has 0 spiro atoms. The highest BCUT2D eigenvalue weighted by atomic mass is 79.9. The Balaban J connectivity index is 1.60. The largest absolute Gasteiger partial charge is 0.483 e. The van der Waals surface area contributed by atoms with Crippen LogP contribution < -0.4 is 10.1 Å². The Morgan fingerprint density at radius 1 is 1.07 bits per heavy atom. The Morgan fingerprint density at radius 3 is 2.46 bits per heavy atom. The van der Waals surface area contributed by atoms with E-state index < -0.39 is 0 Å². The number of carbonyl (C=O) groups excluding carboxylic acids is 1. The summed E-state index contributed by atoms with van der Waals surface area (Å²) in [5.41, 5.74) is 5.34. The second kappa shape index (κ2) is 9.60. The van der Waals surface area contributed by atoms with Crippen molar-refractivity contribution in [2.75, 3.05) is 6.61 Å². The Kier molecular flexibility index (Phi) is 7.17. The van der Waals surface area contributed by atoms with E-state index in [-0.39, 0.29) is 18.6 Å². The van der Waals surface area contributed by atoms with Crippen LogP contribution in [0.2, 0.25) is 0 Å². The fraction of sp³-hybridized carbons (Fsp3) is 0.458. The standard InChI is InChI=1S/C24H30BrNO2/c1-4-22(20-10-9-17-7-5-6-8-19(17)13-20)26-24(27)15-28-23-12-11-18(16(2)3)14-21(23)25/h9-14,16,22H,4-8,15H2,1-3H3,(H,26,27)/t22-/m0/s1. The third kappa shape index (κ3) is 5.16. The minimum atomic E-state index is -0.0931. The zero-order chi connectivity index (χ0) is 20.1. The molecule has 1 aliphatic carbocycles. The number of nitrogens with one attached hydrogen (secondary N) is 1. The van der Waals surface area contributed by atoms with Gasteiger partial charge in [0.1, 0.15) is 5.75 Å². The predicted octanol–water partition coefficient (Wildman–Crippen LogP) is 6.10. The first-order valence-corrected chi connectivity index (χ1v) is 11.1. The molecular weight excluding hydrogens is 414 g/mol. The summed E-state index contributed by atoms with van der Waals surface area (Å²) in [6, 6.07) is 12.7. The monoisotopic (exact) mass is 443 g/mol. The molecule has 0 aliphatic heterocycles. The van der Waals surface area contributed by atoms with Crippen LogP contribution in [0.4, 0.5) is 0 Å². The quantitative estimate of drug-likeness (QED) is 0.561. The van der Waals surface area contributed by atoms with E-state index in [1.165, 1.54) is 41.5 Å². The molecule has 1 N–H and O–H groups in total. The van der Waals surface area contributed by atoms with Crippen LogP contribution >= 0.6 is 15.9 Å². The highest BCUT2D eigenvalue weighted by Gasteiger charge is 2.17. The molecule has 3 rings (SSSR count). The number of aryl methyl sites for hydroxylation is 2. The van der Waals surface area contributed by atoms with Gasteiger partial charge in [-0.2, -0.15) is 0 Å². The molecule has 0 bridgehead atoms. The molecule has 0 radical (unpaired) electrons. The summed E-state index contributed by atoms with van der Waals surface area (Å²) in [6.45, 7) is 6.43. The minimum Gasteiger partial charge on any atom is -0.483 e. The molecule has 3 nitrogen and oxygen atoms in total. The fourth-order valence-corrected chi connectivity index (χ4v) is 4.27. The molecular formula is C24H30BrNO2. The molecule has 1 atom stereocenters. The smallest absolute Gasteiger partial charge is 0.258 e. The molecule has 2 aromatic carbocycles. The van der Waals surface area contributed by atoms with Crippen LogP contribution in [0.25, 0.3) is 0 Å². The van der Waals surface area contributed by atoms with Crippen molar-refractivity contribution in [1.82, 2.24) is 5.32 Å². The maximum atomic E-state index is 12.5. The predicted molar refractivity (Wildman–Crippen MR) is 118 cm³/mol. The topological polar surface area (TPSA) is 38.3 Å². The number of fused-ring (bicyclic) bond motifs is 1. The SMILES string of the molecule is CC[C@H](NC(=O)COc1ccc(C(C)C)cc1Br)c1ccc2c(c1)CCCC2. The number of hydrogen-bond acceptors (Lipinski definition) is 2. The van der Waals surface area contributed by atoms with Crippen molar-refractivity contribution in [3.05, 3.63) is 63.1 Å². The maximum absolute atomic E-state index is 12.5. The average Bonchev–Trinajstić information content (AvgIpc) is 2.70. The Labute approximate surface area is 177 Å². The lowest BCUT2D eigenvalue weighted by atomic mass is 9.89. The highest BCUT2D eigenvalue weighted by Crippen LogP contribution is 2.29. The Hall–Kier alpha value is -1.81. The van der Waals surface area contributed by atoms with Crippen LogP contribution in [0.3, 0.4) is 0 Å². The minimum absolute atomic E-state index is 0.0149. The molecule has 1 amide bonds. The summed E-state index contributed by atoms with van der Waals surface area (Å²) in [5.74, 6) is 1.06. The van der Waals surface area contributed by atoms with Crippen LogP contribution in [0.1, 0.15) is 74.2 Å². The molecule has 0 heterocycles. The van der Waals surface area contributed by atoms with Gasteiger partial charge in [-0.3, -0.25) is 4.79 Å². The van der Waals surface area contributed by atoms with E-state index in [2.05, 4.69) is 66.3 Å². The zero-order valence-electron chi connectivity index (χ0n) is 17.1. The van der Waals surface area contributed by atoms with E-state index in [4.69, 9.17) is 4.74 Å². The first-order chi connectivity index (χ1) is 13.5. The lowest BCUT2D eigenvalue weighted by Crippen LogP contribution is -2.32. The van der Waals surface area contributed by atoms with Crippen molar-refractivity contribution in [3.63, 3.8) is 0 Å². The van der Waals surface area contributed by atoms with Gasteiger partial charge in [-0.05, 0) is 88.3 Å². The first kappa shape index (κ1) is 20.9. The molecule has 2 aromatic rings. The summed E-state index contributed by atoms with van der Waals surface area (Å²) < 4.78 is 6.63. The van der Waals surface area contributed by atoms with Gasteiger partial charge in [0.25, 0.3) is 5.91 Å². The highest BCUT2D eigenvalue weighted by molar-refractivity contribution is 9.10. The fourth-order valence-electron chi connectivity index (χ4n) is 3.76. The number of carbonyl (C=O) groups is 1. The van der Waals surface area contributed by atoms with Crippen molar-refractivity contribution >= 4 is 21.8 Å². The van der Waals surface area contributed by atoms with E-state index in [9.17, 15) is 4.79 Å². The van der Waals surface area contributed by atoms with Gasteiger partial charge < -0.3 is 10.1 Å². The van der Waals surface area contributed by atoms with Crippen LogP contribution in [0, 0.1) is 0 Å². The molecule has 0 saturated carbocycles. The third-order valence-electron chi connectivity index (χ3n) is 5.50. The summed E-state index contributed by atoms with van der Waals surface area (Å²) >= 11 is 3.55. The molecule has 0 unspecified atom stereocenters. The van der Waals surface area contributed by atoms with Crippen LogP contribution in [-0.2, 0) is 17.6 Å². The van der Waals surface area contributed by atoms with E-state index in [1.54, 1.807) is 0 Å². The second-order valence-corrected chi connectivity index (χ2v) is 8.75. The lowest BCUT2D eigenvalue weighted by molar-refractivity contribution is -0.123. The van der Waals surface area contributed by atoms with Gasteiger partial charge in [-0.15, -0.1) is 0 Å². The number of amides is 1. The van der Waals surface area contributed by atoms with Crippen LogP contribution in [0.15, 0.2) is 40.9 Å². The summed E-state index contributed by atoms with van der Waals surface area (Å²) in [6.07, 6.45) is 5.73. The van der Waals surface area contributed by atoms with Gasteiger partial charge in [0.05, 0.1) is 10.5 Å². The molecule has 0 saturated heterocycles. The number of hydrogen-bond donors (Lipinski definition) is 1. The molecule has 0 aromatic heterocycles. The maximum Gasteiger partial charge on any atom is 0.258 e. The first-order valence-electron chi connectivity index (χ1n) is 10.3. The molecule has 28 heavy (non-hydrogen) atoms. The van der Waals surface area contributed by atoms with E-state index in [0.29, 0.717) is 11.7 Å². The zero-order valence-corrected chi connectivity index (χ0v) is 18.6. The normalized spacial score (nSPS) is 14.5. The van der Waals surface area contributed by atoms with Crippen molar-refractivity contribution < 1.29 is 9.53 Å². The average molecular weight is 444 g/mol.